The van der Waals surface area contributed by atoms with Crippen LogP contribution in [-0.4, -0.2) is 10.0 Å². The van der Waals surface area contributed by atoms with E-state index in [1.54, 1.807) is 0 Å². The van der Waals surface area contributed by atoms with Crippen molar-refractivity contribution in [2.75, 3.05) is 5.32 Å². The van der Waals surface area contributed by atoms with Gasteiger partial charge in [0.2, 0.25) is 0 Å². The first-order chi connectivity index (χ1) is 9.44. The molecule has 0 aliphatic heterocycles. The van der Waals surface area contributed by atoms with Gasteiger partial charge >= 0.3 is 0 Å². The molecule has 0 aliphatic rings. The summed E-state index contributed by atoms with van der Waals surface area (Å²) in [4.78, 5) is 9.89. The molecule has 0 aliphatic carbocycles. The van der Waals surface area contributed by atoms with Crippen LogP contribution in [0.5, 0.6) is 5.75 Å². The summed E-state index contributed by atoms with van der Waals surface area (Å²) in [6, 6.07) is 6.55. The van der Waals surface area contributed by atoms with E-state index in [1.165, 1.54) is 18.2 Å². The molecule has 2 N–H and O–H groups in total. The zero-order valence-corrected chi connectivity index (χ0v) is 10.1. The molecule has 7 heteroatoms. The summed E-state index contributed by atoms with van der Waals surface area (Å²) in [6.07, 6.45) is 0. The number of phenols is 1. The molecule has 2 rings (SSSR count). The maximum Gasteiger partial charge on any atom is 0.274 e. The van der Waals surface area contributed by atoms with E-state index in [4.69, 9.17) is 0 Å². The van der Waals surface area contributed by atoms with E-state index in [2.05, 4.69) is 5.32 Å². The lowest BCUT2D eigenvalue weighted by Gasteiger charge is -2.07. The standard InChI is InChI=1S/C13H10F2N2O3/c14-9-1-8(2-13(18)5-9)7-16-11-3-10(15)4-12(6-11)17(19)20/h1-6,16,18H,7H2. The number of hydrogen-bond donors (Lipinski definition) is 2. The molecule has 0 unspecified atom stereocenters. The second-order valence-corrected chi connectivity index (χ2v) is 4.13. The smallest absolute Gasteiger partial charge is 0.274 e. The third-order valence-corrected chi connectivity index (χ3v) is 2.53. The number of phenolic OH excluding ortho intramolecular Hbond substituents is 1. The van der Waals surface area contributed by atoms with Crippen LogP contribution in [0.3, 0.4) is 0 Å². The Labute approximate surface area is 112 Å². The van der Waals surface area contributed by atoms with Crippen molar-refractivity contribution >= 4 is 11.4 Å². The molecule has 0 saturated carbocycles. The number of halogens is 2. The number of anilines is 1. The van der Waals surface area contributed by atoms with Gasteiger partial charge in [-0.2, -0.15) is 0 Å². The minimum absolute atomic E-state index is 0.0892. The second kappa shape index (κ2) is 5.52. The third-order valence-electron chi connectivity index (χ3n) is 2.53. The number of non-ortho nitro benzene ring substituents is 1. The molecule has 0 atom stereocenters. The summed E-state index contributed by atoms with van der Waals surface area (Å²) in [5.74, 6) is -1.58. The van der Waals surface area contributed by atoms with Crippen molar-refractivity contribution < 1.29 is 18.8 Å². The summed E-state index contributed by atoms with van der Waals surface area (Å²) >= 11 is 0. The van der Waals surface area contributed by atoms with Crippen molar-refractivity contribution in [1.82, 2.24) is 0 Å². The maximum atomic E-state index is 13.2. The van der Waals surface area contributed by atoms with Gasteiger partial charge in [-0.25, -0.2) is 8.78 Å². The summed E-state index contributed by atoms with van der Waals surface area (Å²) < 4.78 is 26.2. The van der Waals surface area contributed by atoms with Crippen molar-refractivity contribution in [3.05, 3.63) is 63.7 Å². The molecule has 0 bridgehead atoms. The zero-order valence-electron chi connectivity index (χ0n) is 10.1. The SMILES string of the molecule is O=[N+]([O-])c1cc(F)cc(NCc2cc(O)cc(F)c2)c1. The normalized spacial score (nSPS) is 10.3. The molecule has 0 fully saturated rings. The Morgan fingerprint density at radius 1 is 1.10 bits per heavy atom. The molecule has 0 heterocycles. The minimum Gasteiger partial charge on any atom is -0.508 e. The second-order valence-electron chi connectivity index (χ2n) is 4.13. The average molecular weight is 280 g/mol. The van der Waals surface area contributed by atoms with Crippen LogP contribution in [0.2, 0.25) is 0 Å². The molecular formula is C13H10F2N2O3. The van der Waals surface area contributed by atoms with Crippen LogP contribution in [0.25, 0.3) is 0 Å². The maximum absolute atomic E-state index is 13.2. The number of hydrogen-bond acceptors (Lipinski definition) is 4. The fourth-order valence-corrected chi connectivity index (χ4v) is 1.72. The summed E-state index contributed by atoms with van der Waals surface area (Å²) in [7, 11) is 0. The molecule has 104 valence electrons. The van der Waals surface area contributed by atoms with Gasteiger partial charge < -0.3 is 10.4 Å². The van der Waals surface area contributed by atoms with Gasteiger partial charge in [0.05, 0.1) is 11.0 Å². The number of benzene rings is 2. The van der Waals surface area contributed by atoms with Crippen LogP contribution in [-0.2, 0) is 6.54 Å². The van der Waals surface area contributed by atoms with E-state index in [1.807, 2.05) is 0 Å². The Kier molecular flexibility index (Phi) is 3.79. The Morgan fingerprint density at radius 3 is 2.45 bits per heavy atom. The van der Waals surface area contributed by atoms with Crippen LogP contribution in [0, 0.1) is 21.7 Å². The highest BCUT2D eigenvalue weighted by Crippen LogP contribution is 2.21. The molecule has 5 nitrogen and oxygen atoms in total. The molecule has 20 heavy (non-hydrogen) atoms. The summed E-state index contributed by atoms with van der Waals surface area (Å²) in [5.41, 5.74) is 0.240. The molecule has 0 spiro atoms. The first-order valence-corrected chi connectivity index (χ1v) is 5.61. The quantitative estimate of drug-likeness (QED) is 0.666. The predicted molar refractivity (Wildman–Crippen MR) is 68.4 cm³/mol. The summed E-state index contributed by atoms with van der Waals surface area (Å²) in [5, 5.41) is 22.6. The van der Waals surface area contributed by atoms with Gasteiger partial charge in [0.1, 0.15) is 17.4 Å². The van der Waals surface area contributed by atoms with Gasteiger partial charge in [0, 0.05) is 24.4 Å². The van der Waals surface area contributed by atoms with E-state index >= 15 is 0 Å². The molecule has 2 aromatic rings. The number of nitro benzene ring substituents is 1. The van der Waals surface area contributed by atoms with E-state index in [-0.39, 0.29) is 23.7 Å². The monoisotopic (exact) mass is 280 g/mol. The number of rotatable bonds is 4. The number of nitrogens with zero attached hydrogens (tertiary/aromatic N) is 1. The van der Waals surface area contributed by atoms with Gasteiger partial charge in [0.25, 0.3) is 5.69 Å². The third kappa shape index (κ3) is 3.41. The number of nitro groups is 1. The number of aromatic hydroxyl groups is 1. The lowest BCUT2D eigenvalue weighted by atomic mass is 10.2. The van der Waals surface area contributed by atoms with E-state index in [0.29, 0.717) is 5.56 Å². The Morgan fingerprint density at radius 2 is 1.80 bits per heavy atom. The molecule has 0 saturated heterocycles. The zero-order chi connectivity index (χ0) is 14.7. The highest BCUT2D eigenvalue weighted by atomic mass is 19.1. The van der Waals surface area contributed by atoms with Gasteiger partial charge in [0.15, 0.2) is 0 Å². The Bertz CT molecular complexity index is 642. The number of nitrogens with one attached hydrogen (secondary N) is 1. The van der Waals surface area contributed by atoms with Crippen LogP contribution < -0.4 is 5.32 Å². The van der Waals surface area contributed by atoms with Crippen LogP contribution >= 0.6 is 0 Å². The topological polar surface area (TPSA) is 75.4 Å². The van der Waals surface area contributed by atoms with Crippen molar-refractivity contribution in [1.29, 1.82) is 0 Å². The van der Waals surface area contributed by atoms with Gasteiger partial charge in [-0.1, -0.05) is 0 Å². The molecule has 0 amide bonds. The van der Waals surface area contributed by atoms with E-state index in [9.17, 15) is 24.0 Å². The largest absolute Gasteiger partial charge is 0.508 e. The van der Waals surface area contributed by atoms with Crippen LogP contribution in [0.1, 0.15) is 5.56 Å². The van der Waals surface area contributed by atoms with E-state index in [0.717, 1.165) is 18.2 Å². The highest BCUT2D eigenvalue weighted by molar-refractivity contribution is 5.52. The fourth-order valence-electron chi connectivity index (χ4n) is 1.72. The van der Waals surface area contributed by atoms with Gasteiger partial charge in [-0.3, -0.25) is 10.1 Å². The van der Waals surface area contributed by atoms with Crippen molar-refractivity contribution in [3.8, 4) is 5.75 Å². The predicted octanol–water partition coefficient (Wildman–Crippen LogP) is 3.19. The lowest BCUT2D eigenvalue weighted by molar-refractivity contribution is -0.385. The van der Waals surface area contributed by atoms with Crippen molar-refractivity contribution in [2.24, 2.45) is 0 Å². The molecular weight excluding hydrogens is 270 g/mol. The van der Waals surface area contributed by atoms with Crippen LogP contribution in [0.4, 0.5) is 20.2 Å². The average Bonchev–Trinajstić information content (AvgIpc) is 2.34. The van der Waals surface area contributed by atoms with Crippen molar-refractivity contribution in [3.63, 3.8) is 0 Å². The fraction of sp³-hybridized carbons (Fsp3) is 0.0769. The van der Waals surface area contributed by atoms with Crippen LogP contribution in [0.15, 0.2) is 36.4 Å². The van der Waals surface area contributed by atoms with E-state index < -0.39 is 16.6 Å². The summed E-state index contributed by atoms with van der Waals surface area (Å²) in [6.45, 7) is 0.0892. The molecule has 2 aromatic carbocycles. The lowest BCUT2D eigenvalue weighted by Crippen LogP contribution is -2.01. The van der Waals surface area contributed by atoms with Gasteiger partial charge in [-0.15, -0.1) is 0 Å². The first kappa shape index (κ1) is 13.7. The highest BCUT2D eigenvalue weighted by Gasteiger charge is 2.09. The van der Waals surface area contributed by atoms with Crippen molar-refractivity contribution in [2.45, 2.75) is 6.54 Å². The molecule has 0 radical (unpaired) electrons. The Balaban J connectivity index is 2.16. The van der Waals surface area contributed by atoms with Gasteiger partial charge in [-0.05, 0) is 23.8 Å². The Hall–Kier alpha value is -2.70. The first-order valence-electron chi connectivity index (χ1n) is 5.61. The molecule has 0 aromatic heterocycles. The minimum atomic E-state index is -0.746.